The maximum atomic E-state index is 12.8. The van der Waals surface area contributed by atoms with Crippen molar-refractivity contribution in [1.29, 1.82) is 0 Å². The Morgan fingerprint density at radius 3 is 2.12 bits per heavy atom. The highest BCUT2D eigenvalue weighted by molar-refractivity contribution is 5.79. The van der Waals surface area contributed by atoms with Crippen LogP contribution in [0, 0.1) is 5.92 Å². The van der Waals surface area contributed by atoms with E-state index in [1.807, 2.05) is 0 Å². The monoisotopic (exact) mass is 349 g/mol. The van der Waals surface area contributed by atoms with Crippen LogP contribution in [0.5, 0.6) is 0 Å². The summed E-state index contributed by atoms with van der Waals surface area (Å²) in [5.41, 5.74) is 0. The van der Waals surface area contributed by atoms with Gasteiger partial charge in [-0.3, -0.25) is 15.4 Å². The van der Waals surface area contributed by atoms with E-state index < -0.39 is 0 Å². The molecule has 0 radical (unpaired) electrons. The number of carbonyl (C=O) groups excluding carboxylic acids is 1. The third-order valence-electron chi connectivity index (χ3n) is 6.75. The molecule has 5 nitrogen and oxygen atoms in total. The first-order valence-electron chi connectivity index (χ1n) is 10.8. The van der Waals surface area contributed by atoms with E-state index in [1.165, 1.54) is 57.8 Å². The lowest BCUT2D eigenvalue weighted by Gasteiger charge is -2.33. The molecule has 1 amide bonds. The highest BCUT2D eigenvalue weighted by Gasteiger charge is 2.37. The Labute approximate surface area is 152 Å². The summed E-state index contributed by atoms with van der Waals surface area (Å²) in [6.07, 6.45) is 16.3. The van der Waals surface area contributed by atoms with Crippen LogP contribution in [-0.2, 0) is 9.53 Å². The third-order valence-corrected chi connectivity index (χ3v) is 6.75. The topological polar surface area (TPSA) is 62.4 Å². The highest BCUT2D eigenvalue weighted by atomic mass is 16.5. The van der Waals surface area contributed by atoms with Gasteiger partial charge in [-0.1, -0.05) is 38.5 Å². The lowest BCUT2D eigenvalue weighted by Crippen LogP contribution is -2.51. The van der Waals surface area contributed by atoms with Gasteiger partial charge in [-0.25, -0.2) is 0 Å². The number of hydrogen-bond acceptors (Lipinski definition) is 4. The summed E-state index contributed by atoms with van der Waals surface area (Å²) in [7, 11) is 0. The zero-order chi connectivity index (χ0) is 17.1. The molecule has 4 aliphatic rings. The molecule has 0 aromatic carbocycles. The molecule has 1 aliphatic heterocycles. The van der Waals surface area contributed by atoms with Gasteiger partial charge in [-0.05, 0) is 44.9 Å². The lowest BCUT2D eigenvalue weighted by molar-refractivity contribution is -0.130. The van der Waals surface area contributed by atoms with Crippen LogP contribution in [0.25, 0.3) is 0 Å². The number of fused-ring (bicyclic) bond motifs is 1. The zero-order valence-corrected chi connectivity index (χ0v) is 15.5. The summed E-state index contributed by atoms with van der Waals surface area (Å²) < 4.78 is 6.35. The number of amides is 1. The van der Waals surface area contributed by atoms with E-state index in [0.29, 0.717) is 24.3 Å². The fourth-order valence-corrected chi connectivity index (χ4v) is 5.33. The second kappa shape index (κ2) is 8.36. The first-order chi connectivity index (χ1) is 12.3. The van der Waals surface area contributed by atoms with Crippen molar-refractivity contribution in [1.82, 2.24) is 16.0 Å². The van der Waals surface area contributed by atoms with Gasteiger partial charge in [0.15, 0.2) is 0 Å². The Morgan fingerprint density at radius 1 is 0.760 bits per heavy atom. The molecule has 4 rings (SSSR count). The molecule has 4 fully saturated rings. The van der Waals surface area contributed by atoms with E-state index in [-0.39, 0.29) is 18.1 Å². The number of nitrogens with one attached hydrogen (secondary N) is 3. The molecule has 25 heavy (non-hydrogen) atoms. The molecular weight excluding hydrogens is 314 g/mol. The SMILES string of the molecule is O=C(NC1NC2CCCCC2N1)C1CCCC(OC2CCCCC2)C1. The Kier molecular flexibility index (Phi) is 5.94. The average molecular weight is 350 g/mol. The van der Waals surface area contributed by atoms with Gasteiger partial charge < -0.3 is 10.1 Å². The van der Waals surface area contributed by atoms with E-state index in [2.05, 4.69) is 16.0 Å². The molecule has 0 bridgehead atoms. The Bertz CT molecular complexity index is 438. The minimum Gasteiger partial charge on any atom is -0.375 e. The molecule has 142 valence electrons. The minimum absolute atomic E-state index is 0.0414. The van der Waals surface area contributed by atoms with Crippen LogP contribution >= 0.6 is 0 Å². The molecular formula is C20H35N3O2. The van der Waals surface area contributed by atoms with E-state index in [4.69, 9.17) is 4.74 Å². The van der Waals surface area contributed by atoms with Gasteiger partial charge in [0, 0.05) is 18.0 Å². The predicted octanol–water partition coefficient (Wildman–Crippen LogP) is 2.80. The summed E-state index contributed by atoms with van der Waals surface area (Å²) in [6, 6.07) is 1.07. The van der Waals surface area contributed by atoms with Gasteiger partial charge in [0.2, 0.25) is 5.91 Å². The van der Waals surface area contributed by atoms with Crippen molar-refractivity contribution in [2.45, 2.75) is 114 Å². The maximum Gasteiger partial charge on any atom is 0.225 e. The standard InChI is InChI=1S/C20H35N3O2/c24-19(23-20-21-17-11-4-5-12-18(17)22-20)14-7-6-10-16(13-14)25-15-8-2-1-3-9-15/h14-18,20-22H,1-13H2,(H,23,24). The van der Waals surface area contributed by atoms with E-state index >= 15 is 0 Å². The molecule has 1 heterocycles. The van der Waals surface area contributed by atoms with E-state index in [9.17, 15) is 4.79 Å². The van der Waals surface area contributed by atoms with Crippen molar-refractivity contribution >= 4 is 5.91 Å². The molecule has 5 heteroatoms. The van der Waals surface area contributed by atoms with Gasteiger partial charge in [0.1, 0.15) is 6.29 Å². The van der Waals surface area contributed by atoms with Gasteiger partial charge in [0.05, 0.1) is 12.2 Å². The third kappa shape index (κ3) is 4.55. The van der Waals surface area contributed by atoms with Crippen LogP contribution in [0.3, 0.4) is 0 Å². The molecule has 0 aromatic heterocycles. The minimum atomic E-state index is -0.0414. The zero-order valence-electron chi connectivity index (χ0n) is 15.5. The van der Waals surface area contributed by atoms with Crippen molar-refractivity contribution in [2.75, 3.05) is 0 Å². The largest absolute Gasteiger partial charge is 0.375 e. The Hall–Kier alpha value is -0.650. The van der Waals surface area contributed by atoms with Crippen LogP contribution in [0.4, 0.5) is 0 Å². The first kappa shape index (κ1) is 17.7. The van der Waals surface area contributed by atoms with Crippen molar-refractivity contribution < 1.29 is 9.53 Å². The summed E-state index contributed by atoms with van der Waals surface area (Å²) >= 11 is 0. The first-order valence-corrected chi connectivity index (χ1v) is 10.8. The predicted molar refractivity (Wildman–Crippen MR) is 98.0 cm³/mol. The van der Waals surface area contributed by atoms with Gasteiger partial charge in [-0.15, -0.1) is 0 Å². The summed E-state index contributed by atoms with van der Waals surface area (Å²) in [4.78, 5) is 12.8. The molecule has 0 aromatic rings. The number of ether oxygens (including phenoxy) is 1. The number of hydrogen-bond donors (Lipinski definition) is 3. The maximum absolute atomic E-state index is 12.8. The van der Waals surface area contributed by atoms with Crippen LogP contribution in [0.15, 0.2) is 0 Å². The number of rotatable bonds is 4. The molecule has 3 N–H and O–H groups in total. The molecule has 4 atom stereocenters. The Morgan fingerprint density at radius 2 is 1.40 bits per heavy atom. The lowest BCUT2D eigenvalue weighted by atomic mass is 9.86. The fourth-order valence-electron chi connectivity index (χ4n) is 5.33. The van der Waals surface area contributed by atoms with Crippen LogP contribution in [-0.4, -0.2) is 36.5 Å². The summed E-state index contributed by atoms with van der Waals surface area (Å²) in [5, 5.41) is 10.3. The average Bonchev–Trinajstić information content (AvgIpc) is 3.05. The van der Waals surface area contributed by atoms with Gasteiger partial charge in [0.25, 0.3) is 0 Å². The molecule has 0 spiro atoms. The van der Waals surface area contributed by atoms with Crippen molar-refractivity contribution in [2.24, 2.45) is 5.92 Å². The van der Waals surface area contributed by atoms with Crippen LogP contribution in [0.1, 0.15) is 83.5 Å². The van der Waals surface area contributed by atoms with Gasteiger partial charge in [-0.2, -0.15) is 0 Å². The highest BCUT2D eigenvalue weighted by Crippen LogP contribution is 2.30. The molecule has 1 saturated heterocycles. The number of carbonyl (C=O) groups is 1. The van der Waals surface area contributed by atoms with Gasteiger partial charge >= 0.3 is 0 Å². The summed E-state index contributed by atoms with van der Waals surface area (Å²) in [5.74, 6) is 0.328. The van der Waals surface area contributed by atoms with Crippen molar-refractivity contribution in [3.63, 3.8) is 0 Å². The molecule has 4 unspecified atom stereocenters. The Balaban J connectivity index is 1.24. The van der Waals surface area contributed by atoms with E-state index in [0.717, 1.165) is 25.7 Å². The molecule has 3 aliphatic carbocycles. The van der Waals surface area contributed by atoms with Crippen LogP contribution < -0.4 is 16.0 Å². The van der Waals surface area contributed by atoms with Crippen LogP contribution in [0.2, 0.25) is 0 Å². The quantitative estimate of drug-likeness (QED) is 0.730. The normalized spacial score (nSPS) is 39.8. The van der Waals surface area contributed by atoms with E-state index in [1.54, 1.807) is 0 Å². The summed E-state index contributed by atoms with van der Waals surface area (Å²) in [6.45, 7) is 0. The van der Waals surface area contributed by atoms with Crippen molar-refractivity contribution in [3.8, 4) is 0 Å². The van der Waals surface area contributed by atoms with Crippen molar-refractivity contribution in [3.05, 3.63) is 0 Å². The smallest absolute Gasteiger partial charge is 0.225 e. The molecule has 3 saturated carbocycles. The fraction of sp³-hybridized carbons (Fsp3) is 0.950. The second-order valence-electron chi connectivity index (χ2n) is 8.65. The second-order valence-corrected chi connectivity index (χ2v) is 8.65.